The van der Waals surface area contributed by atoms with Crippen molar-refractivity contribution in [1.82, 2.24) is 15.6 Å². The molecule has 30 heavy (non-hydrogen) atoms. The normalized spacial score (nSPS) is 11.7. The number of aromatic nitrogens is 1. The monoisotopic (exact) mass is 407 g/mol. The number of hydrogen-bond donors (Lipinski definition) is 2. The van der Waals surface area contributed by atoms with Crippen molar-refractivity contribution in [2.24, 2.45) is 5.92 Å². The lowest BCUT2D eigenvalue weighted by Crippen LogP contribution is -2.49. The van der Waals surface area contributed by atoms with E-state index < -0.39 is 11.9 Å². The molecule has 2 amide bonds. The van der Waals surface area contributed by atoms with E-state index in [1.807, 2.05) is 56.3 Å². The number of nitrogens with one attached hydrogen (secondary N) is 2. The number of amides is 2. The van der Waals surface area contributed by atoms with Gasteiger partial charge in [0.05, 0.1) is 12.0 Å². The Morgan fingerprint density at radius 2 is 1.97 bits per heavy atom. The maximum atomic E-state index is 12.7. The fourth-order valence-electron chi connectivity index (χ4n) is 2.84. The predicted molar refractivity (Wildman–Crippen MR) is 112 cm³/mol. The number of hydrogen-bond acceptors (Lipinski definition) is 5. The molecule has 7 nitrogen and oxygen atoms in total. The highest BCUT2D eigenvalue weighted by Gasteiger charge is 2.25. The fourth-order valence-corrected chi connectivity index (χ4v) is 2.84. The lowest BCUT2D eigenvalue weighted by atomic mass is 10.0. The predicted octanol–water partition coefficient (Wildman–Crippen LogP) is 3.32. The number of pyridine rings is 1. The molecule has 0 saturated carbocycles. The third-order valence-corrected chi connectivity index (χ3v) is 4.46. The zero-order valence-electron chi connectivity index (χ0n) is 17.0. The number of nitrogens with zero attached hydrogens (tertiary/aromatic N) is 1. The topological polar surface area (TPSA) is 93.5 Å². The van der Waals surface area contributed by atoms with Crippen molar-refractivity contribution >= 4 is 11.8 Å². The van der Waals surface area contributed by atoms with Gasteiger partial charge in [-0.1, -0.05) is 32.0 Å². The Labute approximate surface area is 175 Å². The van der Waals surface area contributed by atoms with E-state index in [0.717, 1.165) is 11.3 Å². The summed E-state index contributed by atoms with van der Waals surface area (Å²) >= 11 is 0. The molecular formula is C23H25N3O4. The van der Waals surface area contributed by atoms with Gasteiger partial charge in [0, 0.05) is 12.7 Å². The second-order valence-electron chi connectivity index (χ2n) is 7.15. The second-order valence-corrected chi connectivity index (χ2v) is 7.15. The van der Waals surface area contributed by atoms with E-state index >= 15 is 0 Å². The number of ether oxygens (including phenoxy) is 1. The summed E-state index contributed by atoms with van der Waals surface area (Å²) < 4.78 is 10.9. The van der Waals surface area contributed by atoms with Crippen LogP contribution in [0.2, 0.25) is 0 Å². The summed E-state index contributed by atoms with van der Waals surface area (Å²) in [4.78, 5) is 29.1. The fraction of sp³-hybridized carbons (Fsp3) is 0.261. The molecule has 1 aromatic carbocycles. The van der Waals surface area contributed by atoms with Crippen LogP contribution >= 0.6 is 0 Å². The first kappa shape index (κ1) is 21.1. The molecule has 1 atom stereocenters. The highest BCUT2D eigenvalue weighted by Crippen LogP contribution is 2.15. The highest BCUT2D eigenvalue weighted by molar-refractivity contribution is 5.95. The van der Waals surface area contributed by atoms with Crippen molar-refractivity contribution in [2.45, 2.75) is 33.0 Å². The van der Waals surface area contributed by atoms with Gasteiger partial charge in [-0.2, -0.15) is 0 Å². The van der Waals surface area contributed by atoms with Crippen LogP contribution in [-0.4, -0.2) is 22.8 Å². The maximum Gasteiger partial charge on any atom is 0.287 e. The van der Waals surface area contributed by atoms with Gasteiger partial charge >= 0.3 is 0 Å². The number of carbonyl (C=O) groups is 2. The van der Waals surface area contributed by atoms with E-state index in [0.29, 0.717) is 18.9 Å². The molecule has 1 unspecified atom stereocenters. The minimum absolute atomic E-state index is 0.0862. The van der Waals surface area contributed by atoms with Crippen molar-refractivity contribution in [2.75, 3.05) is 0 Å². The third kappa shape index (κ3) is 5.94. The Balaban J connectivity index is 1.55. The first-order valence-electron chi connectivity index (χ1n) is 9.76. The average Bonchev–Trinajstić information content (AvgIpc) is 3.30. The van der Waals surface area contributed by atoms with Gasteiger partial charge in [-0.15, -0.1) is 0 Å². The van der Waals surface area contributed by atoms with Gasteiger partial charge < -0.3 is 19.8 Å². The molecule has 2 N–H and O–H groups in total. The smallest absolute Gasteiger partial charge is 0.287 e. The molecule has 0 aliphatic heterocycles. The van der Waals surface area contributed by atoms with Crippen LogP contribution < -0.4 is 15.4 Å². The number of furan rings is 1. The van der Waals surface area contributed by atoms with Crippen LogP contribution in [-0.2, 0) is 17.9 Å². The summed E-state index contributed by atoms with van der Waals surface area (Å²) in [5.74, 6) is 0.102. The highest BCUT2D eigenvalue weighted by atomic mass is 16.5. The van der Waals surface area contributed by atoms with E-state index in [1.54, 1.807) is 18.3 Å². The molecule has 7 heteroatoms. The van der Waals surface area contributed by atoms with Gasteiger partial charge in [-0.05, 0) is 47.9 Å². The van der Waals surface area contributed by atoms with E-state index in [4.69, 9.17) is 9.15 Å². The molecule has 0 saturated heterocycles. The van der Waals surface area contributed by atoms with Gasteiger partial charge in [-0.25, -0.2) is 0 Å². The van der Waals surface area contributed by atoms with Crippen LogP contribution in [0.1, 0.15) is 35.7 Å². The van der Waals surface area contributed by atoms with E-state index in [2.05, 4.69) is 15.6 Å². The summed E-state index contributed by atoms with van der Waals surface area (Å²) in [5.41, 5.74) is 1.73. The van der Waals surface area contributed by atoms with Gasteiger partial charge in [0.25, 0.3) is 5.91 Å². The van der Waals surface area contributed by atoms with Gasteiger partial charge in [-0.3, -0.25) is 14.6 Å². The second kappa shape index (κ2) is 10.2. The minimum Gasteiger partial charge on any atom is -0.487 e. The summed E-state index contributed by atoms with van der Waals surface area (Å²) in [7, 11) is 0. The average molecular weight is 407 g/mol. The van der Waals surface area contributed by atoms with Crippen molar-refractivity contribution in [3.63, 3.8) is 0 Å². The standard InChI is InChI=1S/C23H25N3O4/c1-16(2)21(26-22(27)20-10-6-12-29-20)23(28)25-14-17-7-5-9-19(13-17)30-15-18-8-3-4-11-24-18/h3-13,16,21H,14-15H2,1-2H3,(H,25,28)(H,26,27). The van der Waals surface area contributed by atoms with Crippen molar-refractivity contribution in [3.8, 4) is 5.75 Å². The van der Waals surface area contributed by atoms with Crippen LogP contribution in [0.15, 0.2) is 71.5 Å². The zero-order chi connectivity index (χ0) is 21.3. The Bertz CT molecular complexity index is 956. The number of carbonyl (C=O) groups excluding carboxylic acids is 2. The number of rotatable bonds is 9. The first-order chi connectivity index (χ1) is 14.5. The van der Waals surface area contributed by atoms with Crippen molar-refractivity contribution < 1.29 is 18.7 Å². The Hall–Kier alpha value is -3.61. The summed E-state index contributed by atoms with van der Waals surface area (Å²) in [6, 6.07) is 15.7. The molecule has 3 rings (SSSR count). The molecule has 0 spiro atoms. The van der Waals surface area contributed by atoms with E-state index in [-0.39, 0.29) is 17.6 Å². The zero-order valence-corrected chi connectivity index (χ0v) is 17.0. The van der Waals surface area contributed by atoms with E-state index in [9.17, 15) is 9.59 Å². The summed E-state index contributed by atoms with van der Waals surface area (Å²) in [6.45, 7) is 4.43. The largest absolute Gasteiger partial charge is 0.487 e. The summed E-state index contributed by atoms with van der Waals surface area (Å²) in [6.07, 6.45) is 3.14. The van der Waals surface area contributed by atoms with Gasteiger partial charge in [0.2, 0.25) is 5.91 Å². The quantitative estimate of drug-likeness (QED) is 0.568. The lowest BCUT2D eigenvalue weighted by molar-refractivity contribution is -0.124. The van der Waals surface area contributed by atoms with Crippen LogP contribution in [0, 0.1) is 5.92 Å². The molecule has 0 aliphatic carbocycles. The Morgan fingerprint density at radius 1 is 1.10 bits per heavy atom. The van der Waals surface area contributed by atoms with Crippen LogP contribution in [0.4, 0.5) is 0 Å². The minimum atomic E-state index is -0.675. The molecule has 2 heterocycles. The van der Waals surface area contributed by atoms with E-state index in [1.165, 1.54) is 6.26 Å². The first-order valence-corrected chi connectivity index (χ1v) is 9.76. The van der Waals surface area contributed by atoms with Crippen LogP contribution in [0.5, 0.6) is 5.75 Å². The molecule has 3 aromatic rings. The Morgan fingerprint density at radius 3 is 2.67 bits per heavy atom. The Kier molecular flexibility index (Phi) is 7.21. The maximum absolute atomic E-state index is 12.7. The molecule has 0 aliphatic rings. The van der Waals surface area contributed by atoms with Gasteiger partial charge in [0.1, 0.15) is 18.4 Å². The molecule has 156 valence electrons. The summed E-state index contributed by atoms with van der Waals surface area (Å²) in [5, 5.41) is 5.61. The molecule has 0 bridgehead atoms. The lowest BCUT2D eigenvalue weighted by Gasteiger charge is -2.21. The van der Waals surface area contributed by atoms with Crippen molar-refractivity contribution in [1.29, 1.82) is 0 Å². The molecule has 0 fully saturated rings. The molecule has 2 aromatic heterocycles. The van der Waals surface area contributed by atoms with Crippen molar-refractivity contribution in [3.05, 3.63) is 84.1 Å². The number of benzene rings is 1. The van der Waals surface area contributed by atoms with Gasteiger partial charge in [0.15, 0.2) is 5.76 Å². The molecular weight excluding hydrogens is 382 g/mol. The van der Waals surface area contributed by atoms with Crippen LogP contribution in [0.25, 0.3) is 0 Å². The SMILES string of the molecule is CC(C)C(NC(=O)c1ccco1)C(=O)NCc1cccc(OCc2ccccn2)c1. The molecule has 0 radical (unpaired) electrons. The third-order valence-electron chi connectivity index (χ3n) is 4.46. The van der Waals surface area contributed by atoms with Crippen LogP contribution in [0.3, 0.4) is 0 Å².